The van der Waals surface area contributed by atoms with Gasteiger partial charge in [0.05, 0.1) is 10.6 Å². The Balaban J connectivity index is 1.77. The Morgan fingerprint density at radius 3 is 2.59 bits per heavy atom. The second-order valence-corrected chi connectivity index (χ2v) is 7.24. The van der Waals surface area contributed by atoms with Gasteiger partial charge in [0.15, 0.2) is 0 Å². The first kappa shape index (κ1) is 20.6. The highest BCUT2D eigenvalue weighted by molar-refractivity contribution is 6.32. The monoisotopic (exact) mass is 434 g/mol. The van der Waals surface area contributed by atoms with Gasteiger partial charge in [-0.05, 0) is 37.3 Å². The van der Waals surface area contributed by atoms with Crippen LogP contribution in [0.15, 0.2) is 36.4 Å². The molecule has 1 saturated heterocycles. The van der Waals surface area contributed by atoms with Crippen molar-refractivity contribution in [3.8, 4) is 6.07 Å². The minimum absolute atomic E-state index is 0.0281. The summed E-state index contributed by atoms with van der Waals surface area (Å²) in [6, 6.07) is 8.85. The fourth-order valence-corrected chi connectivity index (χ4v) is 3.52. The number of nitrogens with one attached hydrogen (secondary N) is 2. The third-order valence-electron chi connectivity index (χ3n) is 4.42. The Morgan fingerprint density at radius 2 is 1.97 bits per heavy atom. The van der Waals surface area contributed by atoms with Gasteiger partial charge in [-0.1, -0.05) is 29.3 Å². The number of amides is 4. The zero-order valence-corrected chi connectivity index (χ0v) is 16.4. The van der Waals surface area contributed by atoms with Crippen molar-refractivity contribution in [2.24, 2.45) is 0 Å². The lowest BCUT2D eigenvalue weighted by Gasteiger charge is -2.23. The zero-order valence-electron chi connectivity index (χ0n) is 14.9. The van der Waals surface area contributed by atoms with E-state index in [1.165, 1.54) is 31.2 Å². The quantitative estimate of drug-likeness (QED) is 0.719. The molecule has 0 aliphatic carbocycles. The van der Waals surface area contributed by atoms with Crippen molar-refractivity contribution in [2.45, 2.75) is 12.5 Å². The molecule has 4 amide bonds. The topological polar surface area (TPSA) is 102 Å². The molecule has 1 heterocycles. The van der Waals surface area contributed by atoms with Crippen LogP contribution in [0.1, 0.15) is 18.1 Å². The smallest absolute Gasteiger partial charge is 0.324 e. The molecule has 148 valence electrons. The number of rotatable bonds is 4. The lowest BCUT2D eigenvalue weighted by molar-refractivity contribution is -0.133. The summed E-state index contributed by atoms with van der Waals surface area (Å²) >= 11 is 12.0. The summed E-state index contributed by atoms with van der Waals surface area (Å²) in [5.74, 6) is -1.94. The predicted octanol–water partition coefficient (Wildman–Crippen LogP) is 3.41. The van der Waals surface area contributed by atoms with Crippen LogP contribution in [0.25, 0.3) is 0 Å². The van der Waals surface area contributed by atoms with Crippen molar-refractivity contribution >= 4 is 46.7 Å². The number of urea groups is 1. The molecule has 2 N–H and O–H groups in total. The van der Waals surface area contributed by atoms with Gasteiger partial charge in [0.2, 0.25) is 5.91 Å². The molecule has 3 rings (SSSR count). The molecule has 2 aromatic rings. The molecular weight excluding hydrogens is 422 g/mol. The molecule has 0 bridgehead atoms. The number of halogens is 3. The van der Waals surface area contributed by atoms with E-state index in [0.29, 0.717) is 5.69 Å². The van der Waals surface area contributed by atoms with Gasteiger partial charge in [-0.2, -0.15) is 5.26 Å². The second-order valence-electron chi connectivity index (χ2n) is 6.43. The third kappa shape index (κ3) is 3.88. The van der Waals surface area contributed by atoms with Crippen molar-refractivity contribution in [3.05, 3.63) is 63.4 Å². The van der Waals surface area contributed by atoms with E-state index in [9.17, 15) is 18.8 Å². The van der Waals surface area contributed by atoms with E-state index in [-0.39, 0.29) is 21.2 Å². The Hall–Kier alpha value is -3.15. The molecule has 1 atom stereocenters. The summed E-state index contributed by atoms with van der Waals surface area (Å²) in [6.45, 7) is 0.862. The average molecular weight is 435 g/mol. The maximum Gasteiger partial charge on any atom is 0.325 e. The fraction of sp³-hybridized carbons (Fsp3) is 0.158. The molecule has 1 unspecified atom stereocenters. The predicted molar refractivity (Wildman–Crippen MR) is 104 cm³/mol. The molecular formula is C19H13Cl2FN4O3. The number of carbonyl (C=O) groups excluding carboxylic acids is 3. The highest BCUT2D eigenvalue weighted by Crippen LogP contribution is 2.34. The Labute approximate surface area is 175 Å². The minimum atomic E-state index is -1.54. The number of carbonyl (C=O) groups is 3. The molecule has 0 aromatic heterocycles. The molecule has 7 nitrogen and oxygen atoms in total. The number of imide groups is 1. The van der Waals surface area contributed by atoms with Crippen LogP contribution in [0.4, 0.5) is 14.9 Å². The molecule has 0 spiro atoms. The standard InChI is InChI=1S/C19H13Cl2FN4O3/c1-19(13-5-3-11(22)6-15(13)21)17(28)26(18(29)25-19)9-16(27)24-12-4-2-10(8-23)14(20)7-12/h2-7H,9H2,1H3,(H,24,27)(H,25,29). The van der Waals surface area contributed by atoms with Crippen molar-refractivity contribution in [2.75, 3.05) is 11.9 Å². The summed E-state index contributed by atoms with van der Waals surface area (Å²) in [6.07, 6.45) is 0. The van der Waals surface area contributed by atoms with E-state index in [4.69, 9.17) is 28.5 Å². The van der Waals surface area contributed by atoms with Crippen LogP contribution in [0, 0.1) is 17.1 Å². The first-order valence-corrected chi connectivity index (χ1v) is 9.00. The van der Waals surface area contributed by atoms with Gasteiger partial charge in [-0.25, -0.2) is 9.18 Å². The Morgan fingerprint density at radius 1 is 1.24 bits per heavy atom. The van der Waals surface area contributed by atoms with Crippen molar-refractivity contribution < 1.29 is 18.8 Å². The van der Waals surface area contributed by atoms with Gasteiger partial charge in [0.1, 0.15) is 24.0 Å². The number of benzene rings is 2. The van der Waals surface area contributed by atoms with Crippen LogP contribution in [0.3, 0.4) is 0 Å². The van der Waals surface area contributed by atoms with Crippen molar-refractivity contribution in [1.29, 1.82) is 5.26 Å². The second kappa shape index (κ2) is 7.70. The number of hydrogen-bond donors (Lipinski definition) is 2. The SMILES string of the molecule is CC1(c2ccc(F)cc2Cl)NC(=O)N(CC(=O)Nc2ccc(C#N)c(Cl)c2)C1=O. The van der Waals surface area contributed by atoms with Gasteiger partial charge in [-0.3, -0.25) is 14.5 Å². The summed E-state index contributed by atoms with van der Waals surface area (Å²) in [7, 11) is 0. The number of anilines is 1. The van der Waals surface area contributed by atoms with Crippen LogP contribution in [-0.2, 0) is 15.1 Å². The number of hydrogen-bond acceptors (Lipinski definition) is 4. The molecule has 10 heteroatoms. The fourth-order valence-electron chi connectivity index (χ4n) is 2.95. The lowest BCUT2D eigenvalue weighted by Crippen LogP contribution is -2.42. The van der Waals surface area contributed by atoms with E-state index in [0.717, 1.165) is 17.0 Å². The van der Waals surface area contributed by atoms with Crippen molar-refractivity contribution in [3.63, 3.8) is 0 Å². The normalized spacial score (nSPS) is 18.4. The van der Waals surface area contributed by atoms with E-state index >= 15 is 0 Å². The van der Waals surface area contributed by atoms with Crippen molar-refractivity contribution in [1.82, 2.24) is 10.2 Å². The molecule has 0 saturated carbocycles. The first-order valence-electron chi connectivity index (χ1n) is 8.25. The summed E-state index contributed by atoms with van der Waals surface area (Å²) in [4.78, 5) is 38.2. The molecule has 0 radical (unpaired) electrons. The van der Waals surface area contributed by atoms with Gasteiger partial charge in [0, 0.05) is 16.3 Å². The first-order chi connectivity index (χ1) is 13.7. The maximum absolute atomic E-state index is 13.3. The van der Waals surface area contributed by atoms with E-state index in [1.54, 1.807) is 0 Å². The molecule has 1 aliphatic rings. The van der Waals surface area contributed by atoms with Gasteiger partial charge < -0.3 is 10.6 Å². The Kier molecular flexibility index (Phi) is 5.46. The van der Waals surface area contributed by atoms with E-state index in [1.807, 2.05) is 6.07 Å². The summed E-state index contributed by atoms with van der Waals surface area (Å²) in [5.41, 5.74) is -0.790. The zero-order chi connectivity index (χ0) is 21.3. The van der Waals surface area contributed by atoms with Gasteiger partial charge in [0.25, 0.3) is 5.91 Å². The summed E-state index contributed by atoms with van der Waals surface area (Å²) in [5, 5.41) is 14.0. The highest BCUT2D eigenvalue weighted by Gasteiger charge is 2.50. The summed E-state index contributed by atoms with van der Waals surface area (Å²) < 4.78 is 13.3. The van der Waals surface area contributed by atoms with Gasteiger partial charge >= 0.3 is 6.03 Å². The number of nitrogens with zero attached hydrogens (tertiary/aromatic N) is 2. The average Bonchev–Trinajstić information content (AvgIpc) is 2.85. The van der Waals surface area contributed by atoms with E-state index < -0.39 is 35.7 Å². The number of nitriles is 1. The Bertz CT molecular complexity index is 1090. The molecule has 29 heavy (non-hydrogen) atoms. The van der Waals surface area contributed by atoms with Crippen LogP contribution >= 0.6 is 23.2 Å². The largest absolute Gasteiger partial charge is 0.325 e. The maximum atomic E-state index is 13.3. The highest BCUT2D eigenvalue weighted by atomic mass is 35.5. The minimum Gasteiger partial charge on any atom is -0.324 e. The van der Waals surface area contributed by atoms with Crippen LogP contribution in [-0.4, -0.2) is 29.3 Å². The van der Waals surface area contributed by atoms with Crippen LogP contribution in [0.5, 0.6) is 0 Å². The molecule has 1 aliphatic heterocycles. The van der Waals surface area contributed by atoms with E-state index in [2.05, 4.69) is 10.6 Å². The van der Waals surface area contributed by atoms with Crippen LogP contribution < -0.4 is 10.6 Å². The molecule has 1 fully saturated rings. The third-order valence-corrected chi connectivity index (χ3v) is 5.05. The lowest BCUT2D eigenvalue weighted by atomic mass is 9.92. The molecule has 2 aromatic carbocycles. The van der Waals surface area contributed by atoms with Gasteiger partial charge in [-0.15, -0.1) is 0 Å². The van der Waals surface area contributed by atoms with Crippen LogP contribution in [0.2, 0.25) is 10.0 Å².